The summed E-state index contributed by atoms with van der Waals surface area (Å²) in [4.78, 5) is 0. The Morgan fingerprint density at radius 3 is 2.63 bits per heavy atom. The maximum Gasteiger partial charge on any atom is 0.159 e. The Morgan fingerprint density at radius 2 is 2.11 bits per heavy atom. The number of hydrogen-bond donors (Lipinski definition) is 1. The molecular formula is C12H13BrF2N4. The van der Waals surface area contributed by atoms with Gasteiger partial charge >= 0.3 is 0 Å². The lowest BCUT2D eigenvalue weighted by atomic mass is 10.0. The van der Waals surface area contributed by atoms with E-state index in [-0.39, 0.29) is 6.04 Å². The molecule has 1 atom stereocenters. The lowest BCUT2D eigenvalue weighted by Crippen LogP contribution is -2.22. The highest BCUT2D eigenvalue weighted by Gasteiger charge is 2.19. The van der Waals surface area contributed by atoms with Gasteiger partial charge in [0, 0.05) is 7.05 Å². The molecule has 0 fully saturated rings. The van der Waals surface area contributed by atoms with Crippen LogP contribution in [0.25, 0.3) is 0 Å². The second kappa shape index (κ2) is 5.75. The number of halogens is 3. The topological polar surface area (TPSA) is 42.7 Å². The van der Waals surface area contributed by atoms with E-state index < -0.39 is 11.6 Å². The summed E-state index contributed by atoms with van der Waals surface area (Å²) in [6.45, 7) is 0. The molecule has 0 saturated heterocycles. The minimum Gasteiger partial charge on any atom is -0.311 e. The van der Waals surface area contributed by atoms with Crippen molar-refractivity contribution < 1.29 is 8.78 Å². The van der Waals surface area contributed by atoms with Crippen molar-refractivity contribution >= 4 is 15.9 Å². The summed E-state index contributed by atoms with van der Waals surface area (Å²) in [5.74, 6) is -1.68. The van der Waals surface area contributed by atoms with Crippen LogP contribution in [0, 0.1) is 11.6 Å². The Balaban J connectivity index is 2.26. The van der Waals surface area contributed by atoms with Gasteiger partial charge in [0.25, 0.3) is 0 Å². The van der Waals surface area contributed by atoms with Crippen LogP contribution in [0.1, 0.15) is 17.3 Å². The van der Waals surface area contributed by atoms with Gasteiger partial charge in [-0.15, -0.1) is 5.10 Å². The van der Waals surface area contributed by atoms with Crippen molar-refractivity contribution in [3.8, 4) is 0 Å². The number of aryl methyl sites for hydroxylation is 1. The molecular weight excluding hydrogens is 318 g/mol. The molecule has 0 bridgehead atoms. The van der Waals surface area contributed by atoms with E-state index in [1.807, 2.05) is 0 Å². The van der Waals surface area contributed by atoms with E-state index in [9.17, 15) is 8.78 Å². The largest absolute Gasteiger partial charge is 0.311 e. The molecule has 0 radical (unpaired) electrons. The van der Waals surface area contributed by atoms with Crippen LogP contribution in [-0.2, 0) is 13.5 Å². The minimum atomic E-state index is -0.840. The molecule has 0 amide bonds. The first-order valence-electron chi connectivity index (χ1n) is 5.69. The van der Waals surface area contributed by atoms with Crippen molar-refractivity contribution in [2.45, 2.75) is 12.5 Å². The Kier molecular flexibility index (Phi) is 4.26. The quantitative estimate of drug-likeness (QED) is 0.935. The van der Waals surface area contributed by atoms with E-state index in [1.165, 1.54) is 6.07 Å². The first-order chi connectivity index (χ1) is 9.02. The zero-order valence-corrected chi connectivity index (χ0v) is 12.1. The average molecular weight is 331 g/mol. The highest BCUT2D eigenvalue weighted by Crippen LogP contribution is 2.24. The molecule has 1 aromatic heterocycles. The normalized spacial score (nSPS) is 12.7. The molecule has 0 spiro atoms. The summed E-state index contributed by atoms with van der Waals surface area (Å²) in [7, 11) is 3.58. The number of rotatable bonds is 4. The first-order valence-corrected chi connectivity index (χ1v) is 6.48. The highest BCUT2D eigenvalue weighted by molar-refractivity contribution is 9.10. The van der Waals surface area contributed by atoms with Crippen LogP contribution in [0.5, 0.6) is 0 Å². The molecule has 1 aromatic carbocycles. The average Bonchev–Trinajstić information content (AvgIpc) is 2.71. The standard InChI is InChI=1S/C12H13BrF2N4/c1-16-10(11-12(13)17-18-19(11)2)6-7-3-4-8(14)9(15)5-7/h3-5,10,16H,6H2,1-2H3. The van der Waals surface area contributed by atoms with E-state index >= 15 is 0 Å². The summed E-state index contributed by atoms with van der Waals surface area (Å²) < 4.78 is 28.4. The summed E-state index contributed by atoms with van der Waals surface area (Å²) in [5, 5.41) is 10.9. The minimum absolute atomic E-state index is 0.0979. The van der Waals surface area contributed by atoms with Crippen LogP contribution in [0.15, 0.2) is 22.8 Å². The molecule has 102 valence electrons. The van der Waals surface area contributed by atoms with Crippen LogP contribution >= 0.6 is 15.9 Å². The van der Waals surface area contributed by atoms with Crippen LogP contribution < -0.4 is 5.32 Å². The Labute approximate surface area is 117 Å². The Hall–Kier alpha value is -1.34. The van der Waals surface area contributed by atoms with Crippen molar-refractivity contribution in [3.05, 3.63) is 45.7 Å². The molecule has 1 unspecified atom stereocenters. The maximum absolute atomic E-state index is 13.2. The Bertz CT molecular complexity index is 566. The van der Waals surface area contributed by atoms with Gasteiger partial charge in [0.1, 0.15) is 0 Å². The lowest BCUT2D eigenvalue weighted by Gasteiger charge is -2.16. The molecule has 1 heterocycles. The molecule has 1 N–H and O–H groups in total. The van der Waals surface area contributed by atoms with Crippen LogP contribution in [-0.4, -0.2) is 22.0 Å². The zero-order valence-electron chi connectivity index (χ0n) is 10.5. The highest BCUT2D eigenvalue weighted by atomic mass is 79.9. The molecule has 0 aliphatic heterocycles. The fourth-order valence-corrected chi connectivity index (χ4v) is 2.55. The van der Waals surface area contributed by atoms with Gasteiger partial charge in [0.05, 0.1) is 11.7 Å². The predicted octanol–water partition coefficient (Wildman–Crippen LogP) is 2.36. The summed E-state index contributed by atoms with van der Waals surface area (Å²) in [6.07, 6.45) is 0.507. The monoisotopic (exact) mass is 330 g/mol. The molecule has 0 aliphatic carbocycles. The van der Waals surface area contributed by atoms with Crippen molar-refractivity contribution in [3.63, 3.8) is 0 Å². The third-order valence-electron chi connectivity index (χ3n) is 2.93. The van der Waals surface area contributed by atoms with E-state index in [2.05, 4.69) is 31.6 Å². The number of benzene rings is 1. The third kappa shape index (κ3) is 2.98. The number of likely N-dealkylation sites (N-methyl/N-ethyl adjacent to an activating group) is 1. The molecule has 4 nitrogen and oxygen atoms in total. The summed E-state index contributed by atoms with van der Waals surface area (Å²) >= 11 is 3.33. The fraction of sp³-hybridized carbons (Fsp3) is 0.333. The predicted molar refractivity (Wildman–Crippen MR) is 70.6 cm³/mol. The van der Waals surface area contributed by atoms with E-state index in [1.54, 1.807) is 24.8 Å². The van der Waals surface area contributed by atoms with Crippen molar-refractivity contribution in [1.29, 1.82) is 0 Å². The molecule has 19 heavy (non-hydrogen) atoms. The summed E-state index contributed by atoms with van der Waals surface area (Å²) in [5.41, 5.74) is 1.55. The number of aromatic nitrogens is 3. The number of hydrogen-bond acceptors (Lipinski definition) is 3. The first kappa shape index (κ1) is 14.1. The molecule has 7 heteroatoms. The van der Waals surface area contributed by atoms with E-state index in [4.69, 9.17) is 0 Å². The SMILES string of the molecule is CNC(Cc1ccc(F)c(F)c1)c1c(Br)nnn1C. The van der Waals surface area contributed by atoms with Crippen LogP contribution in [0.3, 0.4) is 0 Å². The number of nitrogens with zero attached hydrogens (tertiary/aromatic N) is 3. The second-order valence-electron chi connectivity index (χ2n) is 4.18. The van der Waals surface area contributed by atoms with Gasteiger partial charge in [-0.05, 0) is 47.1 Å². The van der Waals surface area contributed by atoms with Crippen LogP contribution in [0.4, 0.5) is 8.78 Å². The van der Waals surface area contributed by atoms with Crippen molar-refractivity contribution in [2.75, 3.05) is 7.05 Å². The van der Waals surface area contributed by atoms with Gasteiger partial charge < -0.3 is 5.32 Å². The van der Waals surface area contributed by atoms with E-state index in [0.29, 0.717) is 16.6 Å². The van der Waals surface area contributed by atoms with Gasteiger partial charge in [-0.1, -0.05) is 11.3 Å². The van der Waals surface area contributed by atoms with Crippen LogP contribution in [0.2, 0.25) is 0 Å². The maximum atomic E-state index is 13.2. The third-order valence-corrected chi connectivity index (χ3v) is 3.49. The smallest absolute Gasteiger partial charge is 0.159 e. The van der Waals surface area contributed by atoms with Crippen molar-refractivity contribution in [1.82, 2.24) is 20.3 Å². The molecule has 0 aliphatic rings. The van der Waals surface area contributed by atoms with Crippen molar-refractivity contribution in [2.24, 2.45) is 7.05 Å². The zero-order chi connectivity index (χ0) is 14.0. The van der Waals surface area contributed by atoms with Gasteiger partial charge in [0.15, 0.2) is 16.2 Å². The molecule has 2 rings (SSSR count). The van der Waals surface area contributed by atoms with Gasteiger partial charge in [-0.3, -0.25) is 0 Å². The summed E-state index contributed by atoms with van der Waals surface area (Å²) in [6, 6.07) is 3.81. The lowest BCUT2D eigenvalue weighted by molar-refractivity contribution is 0.501. The molecule has 2 aromatic rings. The van der Waals surface area contributed by atoms with Gasteiger partial charge in [-0.25, -0.2) is 13.5 Å². The second-order valence-corrected chi connectivity index (χ2v) is 4.93. The van der Waals surface area contributed by atoms with E-state index in [0.717, 1.165) is 11.8 Å². The number of nitrogens with one attached hydrogen (secondary N) is 1. The Morgan fingerprint density at radius 1 is 1.37 bits per heavy atom. The molecule has 0 saturated carbocycles. The van der Waals surface area contributed by atoms with Gasteiger partial charge in [-0.2, -0.15) is 0 Å². The fourth-order valence-electron chi connectivity index (χ4n) is 1.95. The van der Waals surface area contributed by atoms with Gasteiger partial charge in [0.2, 0.25) is 0 Å².